The minimum Gasteiger partial charge on any atom is -0.507 e. The molecule has 0 saturated heterocycles. The second-order valence-corrected chi connectivity index (χ2v) is 5.18. The van der Waals surface area contributed by atoms with Crippen molar-refractivity contribution in [3.8, 4) is 5.75 Å². The third-order valence-corrected chi connectivity index (χ3v) is 3.59. The lowest BCUT2D eigenvalue weighted by atomic mass is 10.1. The van der Waals surface area contributed by atoms with E-state index in [1.807, 2.05) is 13.0 Å². The Morgan fingerprint density at radius 3 is 2.50 bits per heavy atom. The molecule has 1 aliphatic carbocycles. The number of hydrogen-bond acceptors (Lipinski definition) is 2. The summed E-state index contributed by atoms with van der Waals surface area (Å²) in [4.78, 5) is 12.1. The lowest BCUT2D eigenvalue weighted by molar-refractivity contribution is 0.0930. The molecule has 98 valence electrons. The topological polar surface area (TPSA) is 49.3 Å². The normalized spacial score (nSPS) is 17.2. The molecule has 1 saturated carbocycles. The Bertz CT molecular complexity index is 421. The number of carbonyl (C=O) groups excluding carboxylic acids is 1. The molecular weight excluding hydrogens is 226 g/mol. The van der Waals surface area contributed by atoms with Crippen molar-refractivity contribution in [1.82, 2.24) is 5.32 Å². The highest BCUT2D eigenvalue weighted by atomic mass is 16.3. The second kappa shape index (κ2) is 5.89. The third kappa shape index (κ3) is 3.25. The van der Waals surface area contributed by atoms with Crippen LogP contribution in [0, 0.1) is 6.92 Å². The summed E-state index contributed by atoms with van der Waals surface area (Å²) >= 11 is 0. The van der Waals surface area contributed by atoms with Gasteiger partial charge in [0.25, 0.3) is 5.91 Å². The zero-order valence-corrected chi connectivity index (χ0v) is 10.9. The number of hydrogen-bond donors (Lipinski definition) is 2. The van der Waals surface area contributed by atoms with Gasteiger partial charge in [0, 0.05) is 6.04 Å². The van der Waals surface area contributed by atoms with E-state index in [9.17, 15) is 9.90 Å². The summed E-state index contributed by atoms with van der Waals surface area (Å²) in [5.41, 5.74) is 1.34. The first-order valence-corrected chi connectivity index (χ1v) is 6.77. The molecule has 2 N–H and O–H groups in total. The number of carbonyl (C=O) groups is 1. The van der Waals surface area contributed by atoms with Gasteiger partial charge < -0.3 is 10.4 Å². The first-order chi connectivity index (χ1) is 8.66. The van der Waals surface area contributed by atoms with E-state index in [2.05, 4.69) is 5.32 Å². The Hall–Kier alpha value is -1.51. The number of aryl methyl sites for hydroxylation is 1. The van der Waals surface area contributed by atoms with E-state index in [0.717, 1.165) is 18.4 Å². The molecule has 0 radical (unpaired) electrons. The first kappa shape index (κ1) is 12.9. The van der Waals surface area contributed by atoms with Crippen molar-refractivity contribution in [3.05, 3.63) is 29.3 Å². The predicted molar refractivity (Wildman–Crippen MR) is 71.8 cm³/mol. The molecule has 0 bridgehead atoms. The maximum Gasteiger partial charge on any atom is 0.255 e. The minimum atomic E-state index is -0.153. The lowest BCUT2D eigenvalue weighted by Gasteiger charge is -2.16. The summed E-state index contributed by atoms with van der Waals surface area (Å²) in [6, 6.07) is 5.43. The third-order valence-electron chi connectivity index (χ3n) is 3.59. The zero-order valence-electron chi connectivity index (χ0n) is 10.9. The maximum absolute atomic E-state index is 12.1. The van der Waals surface area contributed by atoms with E-state index < -0.39 is 0 Å². The quantitative estimate of drug-likeness (QED) is 0.789. The molecule has 1 aromatic carbocycles. The number of rotatable bonds is 2. The second-order valence-electron chi connectivity index (χ2n) is 5.18. The van der Waals surface area contributed by atoms with Crippen LogP contribution in [0.25, 0.3) is 0 Å². The molecule has 1 aliphatic rings. The van der Waals surface area contributed by atoms with Crippen LogP contribution in [-0.4, -0.2) is 17.1 Å². The van der Waals surface area contributed by atoms with Crippen LogP contribution in [0.3, 0.4) is 0 Å². The van der Waals surface area contributed by atoms with Gasteiger partial charge in [-0.15, -0.1) is 0 Å². The van der Waals surface area contributed by atoms with Crippen LogP contribution in [-0.2, 0) is 0 Å². The van der Waals surface area contributed by atoms with Gasteiger partial charge >= 0.3 is 0 Å². The van der Waals surface area contributed by atoms with Crippen molar-refractivity contribution in [2.75, 3.05) is 0 Å². The van der Waals surface area contributed by atoms with Gasteiger partial charge in [-0.05, 0) is 37.5 Å². The lowest BCUT2D eigenvalue weighted by Crippen LogP contribution is -2.34. The highest BCUT2D eigenvalue weighted by Gasteiger charge is 2.17. The molecule has 0 aromatic heterocycles. The molecular formula is C15H21NO2. The SMILES string of the molecule is Cc1ccc(C(=O)NC2CCCCCC2)c(O)c1. The molecule has 0 atom stereocenters. The smallest absolute Gasteiger partial charge is 0.255 e. The summed E-state index contributed by atoms with van der Waals surface area (Å²) < 4.78 is 0. The molecule has 1 amide bonds. The van der Waals surface area contributed by atoms with Gasteiger partial charge in [0.15, 0.2) is 0 Å². The van der Waals surface area contributed by atoms with E-state index in [1.165, 1.54) is 25.7 Å². The molecule has 0 spiro atoms. The van der Waals surface area contributed by atoms with Gasteiger partial charge in [-0.25, -0.2) is 0 Å². The zero-order chi connectivity index (χ0) is 13.0. The molecule has 0 heterocycles. The highest BCUT2D eigenvalue weighted by molar-refractivity contribution is 5.97. The van der Waals surface area contributed by atoms with E-state index >= 15 is 0 Å². The summed E-state index contributed by atoms with van der Waals surface area (Å²) in [6.45, 7) is 1.90. The Balaban J connectivity index is 2.02. The number of amides is 1. The average Bonchev–Trinajstić information content (AvgIpc) is 2.57. The van der Waals surface area contributed by atoms with Crippen LogP contribution in [0.1, 0.15) is 54.4 Å². The number of phenolic OH excluding ortho intramolecular Hbond substituents is 1. The Morgan fingerprint density at radius 2 is 1.89 bits per heavy atom. The van der Waals surface area contributed by atoms with E-state index in [-0.39, 0.29) is 17.7 Å². The molecule has 2 rings (SSSR count). The molecule has 18 heavy (non-hydrogen) atoms. The van der Waals surface area contributed by atoms with Crippen LogP contribution >= 0.6 is 0 Å². The van der Waals surface area contributed by atoms with Crippen molar-refractivity contribution in [2.24, 2.45) is 0 Å². The summed E-state index contributed by atoms with van der Waals surface area (Å²) in [5.74, 6) is -0.0829. The van der Waals surface area contributed by atoms with Crippen molar-refractivity contribution in [3.63, 3.8) is 0 Å². The monoisotopic (exact) mass is 247 g/mol. The van der Waals surface area contributed by atoms with Crippen molar-refractivity contribution in [1.29, 1.82) is 0 Å². The number of aromatic hydroxyl groups is 1. The van der Waals surface area contributed by atoms with Gasteiger partial charge in [0.1, 0.15) is 5.75 Å². The number of phenols is 1. The molecule has 1 aromatic rings. The molecule has 3 nitrogen and oxygen atoms in total. The minimum absolute atomic E-state index is 0.0705. The van der Waals surface area contributed by atoms with E-state index in [1.54, 1.807) is 12.1 Å². The molecule has 0 unspecified atom stereocenters. The largest absolute Gasteiger partial charge is 0.507 e. The van der Waals surface area contributed by atoms with Crippen LogP contribution in [0.4, 0.5) is 0 Å². The molecule has 3 heteroatoms. The van der Waals surface area contributed by atoms with E-state index in [4.69, 9.17) is 0 Å². The Labute approximate surface area is 108 Å². The standard InChI is InChI=1S/C15H21NO2/c1-11-8-9-13(14(17)10-11)15(18)16-12-6-4-2-3-5-7-12/h8-10,12,17H,2-7H2,1H3,(H,16,18). The highest BCUT2D eigenvalue weighted by Crippen LogP contribution is 2.21. The van der Waals surface area contributed by atoms with Gasteiger partial charge in [-0.3, -0.25) is 4.79 Å². The van der Waals surface area contributed by atoms with Crippen LogP contribution < -0.4 is 5.32 Å². The van der Waals surface area contributed by atoms with Crippen molar-refractivity contribution in [2.45, 2.75) is 51.5 Å². The van der Waals surface area contributed by atoms with Crippen molar-refractivity contribution >= 4 is 5.91 Å². The molecule has 0 aliphatic heterocycles. The Morgan fingerprint density at radius 1 is 1.22 bits per heavy atom. The van der Waals surface area contributed by atoms with Crippen LogP contribution in [0.2, 0.25) is 0 Å². The van der Waals surface area contributed by atoms with Gasteiger partial charge in [-0.2, -0.15) is 0 Å². The summed E-state index contributed by atoms with van der Waals surface area (Å²) in [7, 11) is 0. The van der Waals surface area contributed by atoms with Crippen LogP contribution in [0.5, 0.6) is 5.75 Å². The predicted octanol–water partition coefficient (Wildman–Crippen LogP) is 3.15. The van der Waals surface area contributed by atoms with Crippen molar-refractivity contribution < 1.29 is 9.90 Å². The first-order valence-electron chi connectivity index (χ1n) is 6.77. The maximum atomic E-state index is 12.1. The fourth-order valence-corrected chi connectivity index (χ4v) is 2.52. The van der Waals surface area contributed by atoms with Crippen LogP contribution in [0.15, 0.2) is 18.2 Å². The fraction of sp³-hybridized carbons (Fsp3) is 0.533. The summed E-state index contributed by atoms with van der Waals surface area (Å²) in [6.07, 6.45) is 7.01. The van der Waals surface area contributed by atoms with Gasteiger partial charge in [0.05, 0.1) is 5.56 Å². The van der Waals surface area contributed by atoms with Gasteiger partial charge in [0.2, 0.25) is 0 Å². The fourth-order valence-electron chi connectivity index (χ4n) is 2.52. The number of nitrogens with one attached hydrogen (secondary N) is 1. The molecule has 1 fully saturated rings. The van der Waals surface area contributed by atoms with Gasteiger partial charge in [-0.1, -0.05) is 31.7 Å². The number of benzene rings is 1. The van der Waals surface area contributed by atoms with E-state index in [0.29, 0.717) is 5.56 Å². The Kier molecular flexibility index (Phi) is 4.24. The average molecular weight is 247 g/mol. The summed E-state index contributed by atoms with van der Waals surface area (Å²) in [5, 5.41) is 12.8.